The van der Waals surface area contributed by atoms with E-state index in [1.54, 1.807) is 0 Å². The zero-order chi connectivity index (χ0) is 15.8. The van der Waals surface area contributed by atoms with Gasteiger partial charge in [0.15, 0.2) is 0 Å². The minimum atomic E-state index is -3.95. The van der Waals surface area contributed by atoms with Crippen molar-refractivity contribution in [3.8, 4) is 0 Å². The number of amides is 2. The number of hydrogen-bond acceptors (Lipinski definition) is 5. The molecule has 1 aliphatic rings. The van der Waals surface area contributed by atoms with Crippen LogP contribution in [0.2, 0.25) is 0 Å². The molecule has 2 rings (SSSR count). The van der Waals surface area contributed by atoms with E-state index in [1.165, 1.54) is 31.2 Å². The van der Waals surface area contributed by atoms with Gasteiger partial charge in [0.05, 0.1) is 11.4 Å². The van der Waals surface area contributed by atoms with E-state index in [-0.39, 0.29) is 9.88 Å². The lowest BCUT2D eigenvalue weighted by molar-refractivity contribution is -0.136. The lowest BCUT2D eigenvalue weighted by atomic mass is 10.2. The van der Waals surface area contributed by atoms with Crippen molar-refractivity contribution in [2.24, 2.45) is 5.73 Å². The van der Waals surface area contributed by atoms with Gasteiger partial charge in [-0.2, -0.15) is 4.31 Å². The van der Waals surface area contributed by atoms with Gasteiger partial charge in [0.25, 0.3) is 0 Å². The SMILES string of the molecule is CC1C(=O)NC(=O)CN1S(=O)(=O)c1ccc(C(N)=S)cc1. The molecule has 1 fully saturated rings. The number of nitrogens with one attached hydrogen (secondary N) is 1. The average molecular weight is 327 g/mol. The third-order valence-corrected chi connectivity index (χ3v) is 5.29. The van der Waals surface area contributed by atoms with E-state index in [0.29, 0.717) is 5.56 Å². The van der Waals surface area contributed by atoms with Crippen molar-refractivity contribution in [3.05, 3.63) is 29.8 Å². The van der Waals surface area contributed by atoms with Crippen molar-refractivity contribution < 1.29 is 18.0 Å². The number of carbonyl (C=O) groups excluding carboxylic acids is 2. The molecule has 0 spiro atoms. The van der Waals surface area contributed by atoms with E-state index in [2.05, 4.69) is 5.32 Å². The first kappa shape index (κ1) is 15.5. The first-order valence-electron chi connectivity index (χ1n) is 5.99. The Morgan fingerprint density at radius 2 is 1.90 bits per heavy atom. The fourth-order valence-electron chi connectivity index (χ4n) is 1.91. The van der Waals surface area contributed by atoms with Crippen LogP contribution >= 0.6 is 12.2 Å². The highest BCUT2D eigenvalue weighted by atomic mass is 32.2. The Bertz CT molecular complexity index is 713. The number of nitrogens with zero attached hydrogens (tertiary/aromatic N) is 1. The number of thiocarbonyl (C=S) groups is 1. The minimum Gasteiger partial charge on any atom is -0.389 e. The normalized spacial score (nSPS) is 20.1. The van der Waals surface area contributed by atoms with Gasteiger partial charge < -0.3 is 5.73 Å². The van der Waals surface area contributed by atoms with Crippen molar-refractivity contribution in [1.29, 1.82) is 0 Å². The third-order valence-electron chi connectivity index (χ3n) is 3.12. The molecule has 1 saturated heterocycles. The molecule has 1 atom stereocenters. The lowest BCUT2D eigenvalue weighted by Gasteiger charge is -2.30. The van der Waals surface area contributed by atoms with Crippen molar-refractivity contribution in [2.45, 2.75) is 17.9 Å². The summed E-state index contributed by atoms with van der Waals surface area (Å²) in [6, 6.07) is 4.68. The van der Waals surface area contributed by atoms with Crippen LogP contribution in [0.15, 0.2) is 29.2 Å². The van der Waals surface area contributed by atoms with Crippen LogP contribution < -0.4 is 11.1 Å². The molecule has 2 amide bonds. The molecule has 0 saturated carbocycles. The van der Waals surface area contributed by atoms with Crippen LogP contribution in [0, 0.1) is 0 Å². The highest BCUT2D eigenvalue weighted by Crippen LogP contribution is 2.20. The van der Waals surface area contributed by atoms with Crippen LogP contribution in [0.4, 0.5) is 0 Å². The molecule has 21 heavy (non-hydrogen) atoms. The Morgan fingerprint density at radius 1 is 1.33 bits per heavy atom. The van der Waals surface area contributed by atoms with Crippen molar-refractivity contribution in [3.63, 3.8) is 0 Å². The van der Waals surface area contributed by atoms with Gasteiger partial charge in [-0.05, 0) is 19.1 Å². The first-order chi connectivity index (χ1) is 9.73. The molecule has 1 aliphatic heterocycles. The van der Waals surface area contributed by atoms with Crippen LogP contribution in [0.5, 0.6) is 0 Å². The Kier molecular flexibility index (Phi) is 4.08. The van der Waals surface area contributed by atoms with E-state index in [9.17, 15) is 18.0 Å². The van der Waals surface area contributed by atoms with E-state index < -0.39 is 34.4 Å². The summed E-state index contributed by atoms with van der Waals surface area (Å²) in [5, 5.41) is 2.09. The van der Waals surface area contributed by atoms with Gasteiger partial charge >= 0.3 is 0 Å². The maximum atomic E-state index is 12.5. The molecule has 112 valence electrons. The van der Waals surface area contributed by atoms with E-state index in [1.807, 2.05) is 0 Å². The second-order valence-corrected chi connectivity index (χ2v) is 6.86. The number of rotatable bonds is 3. The predicted molar refractivity (Wildman–Crippen MR) is 78.8 cm³/mol. The summed E-state index contributed by atoms with van der Waals surface area (Å²) in [6.45, 7) is 1.02. The second-order valence-electron chi connectivity index (χ2n) is 4.53. The maximum Gasteiger partial charge on any atom is 0.244 e. The number of carbonyl (C=O) groups is 2. The Labute approximate surface area is 127 Å². The van der Waals surface area contributed by atoms with E-state index in [4.69, 9.17) is 18.0 Å². The largest absolute Gasteiger partial charge is 0.389 e. The number of imide groups is 1. The molecule has 1 aromatic rings. The van der Waals surface area contributed by atoms with Gasteiger partial charge in [-0.25, -0.2) is 8.42 Å². The highest BCUT2D eigenvalue weighted by molar-refractivity contribution is 7.89. The van der Waals surface area contributed by atoms with Gasteiger partial charge in [-0.3, -0.25) is 14.9 Å². The fraction of sp³-hybridized carbons (Fsp3) is 0.250. The number of hydrogen-bond donors (Lipinski definition) is 2. The fourth-order valence-corrected chi connectivity index (χ4v) is 3.60. The summed E-state index contributed by atoms with van der Waals surface area (Å²) in [7, 11) is -3.95. The number of nitrogens with two attached hydrogens (primary N) is 1. The van der Waals surface area contributed by atoms with Crippen molar-refractivity contribution >= 4 is 39.0 Å². The topological polar surface area (TPSA) is 110 Å². The lowest BCUT2D eigenvalue weighted by Crippen LogP contribution is -2.58. The predicted octanol–water partition coefficient (Wildman–Crippen LogP) is -0.644. The van der Waals surface area contributed by atoms with Crippen LogP contribution in [-0.4, -0.2) is 42.1 Å². The summed E-state index contributed by atoms with van der Waals surface area (Å²) < 4.78 is 25.9. The molecule has 3 N–H and O–H groups in total. The first-order valence-corrected chi connectivity index (χ1v) is 7.83. The summed E-state index contributed by atoms with van der Waals surface area (Å²) >= 11 is 4.79. The summed E-state index contributed by atoms with van der Waals surface area (Å²) in [4.78, 5) is 23.1. The van der Waals surface area contributed by atoms with Crippen molar-refractivity contribution in [2.75, 3.05) is 6.54 Å². The summed E-state index contributed by atoms with van der Waals surface area (Å²) in [5.74, 6) is -1.30. The van der Waals surface area contributed by atoms with Crippen LogP contribution in [0.25, 0.3) is 0 Å². The highest BCUT2D eigenvalue weighted by Gasteiger charge is 2.38. The smallest absolute Gasteiger partial charge is 0.244 e. The van der Waals surface area contributed by atoms with Crippen molar-refractivity contribution in [1.82, 2.24) is 9.62 Å². The zero-order valence-electron chi connectivity index (χ0n) is 11.1. The number of benzene rings is 1. The molecule has 0 radical (unpaired) electrons. The third kappa shape index (κ3) is 2.94. The van der Waals surface area contributed by atoms with Crippen LogP contribution in [0.3, 0.4) is 0 Å². The maximum absolute atomic E-state index is 12.5. The van der Waals surface area contributed by atoms with E-state index >= 15 is 0 Å². The second kappa shape index (κ2) is 5.51. The standard InChI is InChI=1S/C12H13N3O4S2/c1-7-12(17)14-10(16)6-15(7)21(18,19)9-4-2-8(3-5-9)11(13)20/h2-5,7H,6H2,1H3,(H2,13,20)(H,14,16,17). The van der Waals surface area contributed by atoms with Gasteiger partial charge in [0.2, 0.25) is 21.8 Å². The molecule has 1 heterocycles. The summed E-state index contributed by atoms with van der Waals surface area (Å²) in [5.41, 5.74) is 5.98. The van der Waals surface area contributed by atoms with Gasteiger partial charge in [0, 0.05) is 5.56 Å². The molecule has 0 aliphatic carbocycles. The van der Waals surface area contributed by atoms with Crippen LogP contribution in [0.1, 0.15) is 12.5 Å². The molecule has 9 heteroatoms. The average Bonchev–Trinajstić information content (AvgIpc) is 2.42. The Hall–Kier alpha value is -1.84. The summed E-state index contributed by atoms with van der Waals surface area (Å²) in [6.07, 6.45) is 0. The number of sulfonamides is 1. The Balaban J connectivity index is 2.39. The van der Waals surface area contributed by atoms with E-state index in [0.717, 1.165) is 4.31 Å². The molecule has 1 aromatic carbocycles. The molecular formula is C12H13N3O4S2. The van der Waals surface area contributed by atoms with Gasteiger partial charge in [0.1, 0.15) is 11.0 Å². The molecule has 0 bridgehead atoms. The molecule has 1 unspecified atom stereocenters. The monoisotopic (exact) mass is 327 g/mol. The molecular weight excluding hydrogens is 314 g/mol. The zero-order valence-corrected chi connectivity index (χ0v) is 12.7. The van der Waals surface area contributed by atoms with Gasteiger partial charge in [-0.1, -0.05) is 24.4 Å². The Morgan fingerprint density at radius 3 is 2.43 bits per heavy atom. The minimum absolute atomic E-state index is 0.0307. The molecule has 0 aromatic heterocycles. The van der Waals surface area contributed by atoms with Crippen LogP contribution in [-0.2, 0) is 19.6 Å². The molecule has 7 nitrogen and oxygen atoms in total. The van der Waals surface area contributed by atoms with Gasteiger partial charge in [-0.15, -0.1) is 0 Å². The quantitative estimate of drug-likeness (QED) is 0.564. The number of piperazine rings is 1.